The summed E-state index contributed by atoms with van der Waals surface area (Å²) in [5.74, 6) is -1.14. The Kier molecular flexibility index (Phi) is 6.95. The fraction of sp³-hybridized carbons (Fsp3) is 0.345. The van der Waals surface area contributed by atoms with Crippen LogP contribution in [0.1, 0.15) is 54.7 Å². The fourth-order valence-electron chi connectivity index (χ4n) is 5.11. The van der Waals surface area contributed by atoms with Crippen LogP contribution in [0.3, 0.4) is 0 Å². The van der Waals surface area contributed by atoms with E-state index in [-0.39, 0.29) is 6.54 Å². The maximum absolute atomic E-state index is 13.1. The Morgan fingerprint density at radius 2 is 1.65 bits per heavy atom. The van der Waals surface area contributed by atoms with E-state index in [1.807, 2.05) is 44.2 Å². The molecule has 1 aliphatic rings. The van der Waals surface area contributed by atoms with Gasteiger partial charge >= 0.3 is 5.97 Å². The highest BCUT2D eigenvalue weighted by Gasteiger charge is 2.38. The zero-order valence-electron chi connectivity index (χ0n) is 22.1. The van der Waals surface area contributed by atoms with Gasteiger partial charge in [-0.15, -0.1) is 0 Å². The number of carbonyl (C=O) groups is 1. The molecule has 3 aromatic rings. The van der Waals surface area contributed by atoms with E-state index >= 15 is 0 Å². The molecule has 1 heterocycles. The van der Waals surface area contributed by atoms with Crippen LogP contribution < -0.4 is 4.31 Å². The molecule has 0 aliphatic carbocycles. The molecule has 0 bridgehead atoms. The first-order valence-corrected chi connectivity index (χ1v) is 14.2. The monoisotopic (exact) mass is 541 g/mol. The van der Waals surface area contributed by atoms with Gasteiger partial charge in [-0.25, -0.2) is 13.2 Å². The summed E-state index contributed by atoms with van der Waals surface area (Å²) in [5, 5.41) is 10.9. The van der Waals surface area contributed by atoms with Crippen molar-refractivity contribution in [3.63, 3.8) is 0 Å². The van der Waals surface area contributed by atoms with Crippen LogP contribution in [0, 0.1) is 20.8 Å². The number of nitrogens with zero attached hydrogens (tertiary/aromatic N) is 1. The van der Waals surface area contributed by atoms with Gasteiger partial charge in [-0.2, -0.15) is 0 Å². The Balaban J connectivity index is 2.21. The number of anilines is 1. The average Bonchev–Trinajstić information content (AvgIpc) is 2.78. The highest BCUT2D eigenvalue weighted by Crippen LogP contribution is 2.51. The van der Waals surface area contributed by atoms with Gasteiger partial charge in [0.1, 0.15) is 0 Å². The van der Waals surface area contributed by atoms with Crippen LogP contribution in [0.5, 0.6) is 0 Å². The summed E-state index contributed by atoms with van der Waals surface area (Å²) >= 11 is 6.29. The molecular weight excluding hydrogens is 510 g/mol. The molecule has 196 valence electrons. The van der Waals surface area contributed by atoms with Crippen LogP contribution in [0.25, 0.3) is 22.3 Å². The van der Waals surface area contributed by atoms with Crippen molar-refractivity contribution in [1.29, 1.82) is 0 Å². The molecule has 0 unspecified atom stereocenters. The maximum atomic E-state index is 13.1. The summed E-state index contributed by atoms with van der Waals surface area (Å²) < 4.78 is 33.6. The van der Waals surface area contributed by atoms with Gasteiger partial charge in [-0.05, 0) is 87.1 Å². The second-order valence-corrected chi connectivity index (χ2v) is 13.0. The van der Waals surface area contributed by atoms with Crippen LogP contribution in [0.15, 0.2) is 42.5 Å². The van der Waals surface area contributed by atoms with E-state index in [1.165, 1.54) is 4.31 Å². The summed E-state index contributed by atoms with van der Waals surface area (Å²) in [4.78, 5) is 12.7. The second-order valence-electron chi connectivity index (χ2n) is 10.6. The first-order valence-electron chi connectivity index (χ1n) is 12.0. The van der Waals surface area contributed by atoms with Gasteiger partial charge < -0.3 is 9.84 Å². The molecule has 1 atom stereocenters. The summed E-state index contributed by atoms with van der Waals surface area (Å²) in [5.41, 5.74) is 6.55. The lowest BCUT2D eigenvalue weighted by Crippen LogP contribution is -2.34. The maximum Gasteiger partial charge on any atom is 0.337 e. The van der Waals surface area contributed by atoms with Crippen molar-refractivity contribution in [3.8, 4) is 22.3 Å². The fourth-order valence-corrected chi connectivity index (χ4v) is 6.24. The summed E-state index contributed by atoms with van der Waals surface area (Å²) in [6, 6.07) is 13.4. The molecule has 0 fully saturated rings. The number of carboxylic acid groups (broad SMARTS) is 1. The Morgan fingerprint density at radius 1 is 1.03 bits per heavy atom. The number of hydrogen-bond acceptors (Lipinski definition) is 4. The number of ether oxygens (including phenoxy) is 1. The van der Waals surface area contributed by atoms with Gasteiger partial charge in [-0.1, -0.05) is 47.5 Å². The van der Waals surface area contributed by atoms with Crippen molar-refractivity contribution in [2.24, 2.45) is 0 Å². The molecule has 0 aromatic heterocycles. The molecule has 0 radical (unpaired) electrons. The second kappa shape index (κ2) is 9.46. The van der Waals surface area contributed by atoms with Gasteiger partial charge in [0, 0.05) is 16.1 Å². The van der Waals surface area contributed by atoms with Gasteiger partial charge in [0.05, 0.1) is 24.1 Å². The third kappa shape index (κ3) is 5.13. The highest BCUT2D eigenvalue weighted by molar-refractivity contribution is 7.92. The van der Waals surface area contributed by atoms with Crippen LogP contribution in [0.2, 0.25) is 5.02 Å². The number of aliphatic carboxylic acids is 1. The van der Waals surface area contributed by atoms with E-state index in [2.05, 4.69) is 0 Å². The number of hydrogen-bond donors (Lipinski definition) is 1. The molecule has 0 amide bonds. The molecule has 1 N–H and O–H groups in total. The molecule has 4 rings (SSSR count). The highest BCUT2D eigenvalue weighted by atomic mass is 35.5. The zero-order chi connectivity index (χ0) is 27.4. The van der Waals surface area contributed by atoms with Gasteiger partial charge in [0.2, 0.25) is 10.0 Å². The van der Waals surface area contributed by atoms with E-state index in [1.54, 1.807) is 39.8 Å². The molecule has 3 aromatic carbocycles. The van der Waals surface area contributed by atoms with Crippen molar-refractivity contribution in [1.82, 2.24) is 0 Å². The Morgan fingerprint density at radius 3 is 2.19 bits per heavy atom. The van der Waals surface area contributed by atoms with Crippen LogP contribution in [-0.2, 0) is 26.1 Å². The lowest BCUT2D eigenvalue weighted by molar-refractivity contribution is -0.160. The predicted octanol–water partition coefficient (Wildman–Crippen LogP) is 6.82. The van der Waals surface area contributed by atoms with E-state index in [9.17, 15) is 18.3 Å². The number of rotatable bonds is 5. The minimum Gasteiger partial charge on any atom is -0.479 e. The molecule has 0 saturated heterocycles. The molecule has 0 spiro atoms. The summed E-state index contributed by atoms with van der Waals surface area (Å²) in [6.45, 7) is 11.2. The first-order chi connectivity index (χ1) is 17.1. The zero-order valence-corrected chi connectivity index (χ0v) is 23.7. The molecule has 8 heteroatoms. The smallest absolute Gasteiger partial charge is 0.337 e. The molecule has 6 nitrogen and oxygen atoms in total. The Labute approximate surface area is 223 Å². The van der Waals surface area contributed by atoms with Crippen molar-refractivity contribution in [2.75, 3.05) is 10.6 Å². The number of benzene rings is 3. The Bertz CT molecular complexity index is 1500. The van der Waals surface area contributed by atoms with Gasteiger partial charge in [-0.3, -0.25) is 4.31 Å². The van der Waals surface area contributed by atoms with Gasteiger partial charge in [0.25, 0.3) is 0 Å². The average molecular weight is 542 g/mol. The minimum absolute atomic E-state index is 0.100. The number of carboxylic acids is 1. The normalized spacial score (nSPS) is 14.2. The van der Waals surface area contributed by atoms with E-state index in [4.69, 9.17) is 16.3 Å². The van der Waals surface area contributed by atoms with Crippen molar-refractivity contribution >= 4 is 33.3 Å². The topological polar surface area (TPSA) is 83.9 Å². The number of sulfonamides is 1. The van der Waals surface area contributed by atoms with Crippen molar-refractivity contribution in [3.05, 3.63) is 75.3 Å². The molecule has 37 heavy (non-hydrogen) atoms. The third-order valence-electron chi connectivity index (χ3n) is 6.61. The van der Waals surface area contributed by atoms with Crippen molar-refractivity contribution in [2.45, 2.75) is 59.8 Å². The lowest BCUT2D eigenvalue weighted by atomic mass is 9.80. The quantitative estimate of drug-likeness (QED) is 0.383. The Hall–Kier alpha value is -2.87. The molecule has 1 aliphatic heterocycles. The number of aryl methyl sites for hydroxylation is 1. The van der Waals surface area contributed by atoms with Crippen LogP contribution in [0.4, 0.5) is 5.69 Å². The number of halogens is 1. The SMILES string of the molecule is Cc1ccc(-c2c(C)c3c(c(C)c2[C@H](OC(C)(C)C)C(=O)O)N(S(C)(=O)=O)Cc2cc(Cl)ccc2-3)cc1. The summed E-state index contributed by atoms with van der Waals surface area (Å²) in [7, 11) is -3.71. The van der Waals surface area contributed by atoms with E-state index in [0.717, 1.165) is 45.2 Å². The summed E-state index contributed by atoms with van der Waals surface area (Å²) in [6.07, 6.45) is -0.150. The lowest BCUT2D eigenvalue weighted by Gasteiger charge is -2.37. The predicted molar refractivity (Wildman–Crippen MR) is 149 cm³/mol. The van der Waals surface area contributed by atoms with Crippen LogP contribution in [-0.4, -0.2) is 31.4 Å². The van der Waals surface area contributed by atoms with Crippen LogP contribution >= 0.6 is 11.6 Å². The molecule has 0 saturated carbocycles. The third-order valence-corrected chi connectivity index (χ3v) is 7.96. The molecular formula is C29H32ClNO5S. The first kappa shape index (κ1) is 27.2. The van der Waals surface area contributed by atoms with Crippen molar-refractivity contribution < 1.29 is 23.1 Å². The van der Waals surface area contributed by atoms with E-state index in [0.29, 0.717) is 21.8 Å². The van der Waals surface area contributed by atoms with Gasteiger partial charge in [0.15, 0.2) is 6.10 Å². The standard InChI is InChI=1S/C29H32ClNO5S/c1-16-8-10-19(11-9-16)23-17(2)24-22-13-12-21(30)14-20(22)15-31(37(7,34)35)26(24)18(3)25(23)27(28(32)33)36-29(4,5)6/h8-14,27H,15H2,1-7H3,(H,32,33)/t27-/m0/s1. The van der Waals surface area contributed by atoms with E-state index < -0.39 is 27.7 Å². The largest absolute Gasteiger partial charge is 0.479 e. The number of fused-ring (bicyclic) bond motifs is 3. The minimum atomic E-state index is -3.71.